The van der Waals surface area contributed by atoms with Gasteiger partial charge in [-0.3, -0.25) is 9.48 Å². The average molecular weight is 283 g/mol. The minimum Gasteiger partial charge on any atom is -0.496 e. The van der Waals surface area contributed by atoms with Gasteiger partial charge < -0.3 is 4.74 Å². The Balaban J connectivity index is 2.43. The van der Waals surface area contributed by atoms with Crippen molar-refractivity contribution in [1.29, 1.82) is 5.26 Å². The van der Waals surface area contributed by atoms with Crippen LogP contribution in [-0.2, 0) is 7.05 Å². The number of aromatic nitrogens is 2. The maximum absolute atomic E-state index is 12.6. The molecule has 0 radical (unpaired) electrons. The van der Waals surface area contributed by atoms with E-state index in [0.29, 0.717) is 22.6 Å². The molecule has 5 nitrogen and oxygen atoms in total. The van der Waals surface area contributed by atoms with Crippen LogP contribution in [0.15, 0.2) is 24.4 Å². The van der Waals surface area contributed by atoms with Crippen LogP contribution >= 0.6 is 0 Å². The normalized spacial score (nSPS) is 11.8. The molecule has 0 aliphatic heterocycles. The van der Waals surface area contributed by atoms with Crippen molar-refractivity contribution in [3.63, 3.8) is 0 Å². The number of rotatable bonds is 4. The molecule has 0 spiro atoms. The first-order valence-corrected chi connectivity index (χ1v) is 6.56. The third-order valence-electron chi connectivity index (χ3n) is 3.44. The Morgan fingerprint density at radius 3 is 2.67 bits per heavy atom. The molecule has 21 heavy (non-hydrogen) atoms. The molecular weight excluding hydrogens is 266 g/mol. The lowest BCUT2D eigenvalue weighted by atomic mass is 9.91. The van der Waals surface area contributed by atoms with Crippen molar-refractivity contribution < 1.29 is 9.53 Å². The molecule has 2 rings (SSSR count). The summed E-state index contributed by atoms with van der Waals surface area (Å²) in [5, 5.41) is 13.6. The van der Waals surface area contributed by atoms with Crippen LogP contribution in [0.1, 0.15) is 33.1 Å². The molecule has 1 unspecified atom stereocenters. The summed E-state index contributed by atoms with van der Waals surface area (Å²) in [5.74, 6) is -0.431. The Morgan fingerprint density at radius 1 is 1.43 bits per heavy atom. The Morgan fingerprint density at radius 2 is 2.14 bits per heavy atom. The molecule has 1 heterocycles. The molecule has 0 aliphatic rings. The number of nitriles is 1. The van der Waals surface area contributed by atoms with Crippen molar-refractivity contribution in [2.75, 3.05) is 7.11 Å². The molecule has 1 aromatic heterocycles. The third kappa shape index (κ3) is 2.79. The van der Waals surface area contributed by atoms with Crippen molar-refractivity contribution in [2.24, 2.45) is 7.05 Å². The van der Waals surface area contributed by atoms with Crippen LogP contribution in [-0.4, -0.2) is 22.7 Å². The first kappa shape index (κ1) is 14.8. The lowest BCUT2D eigenvalue weighted by Crippen LogP contribution is -2.12. The van der Waals surface area contributed by atoms with Crippen LogP contribution in [0.3, 0.4) is 0 Å². The zero-order chi connectivity index (χ0) is 15.6. The van der Waals surface area contributed by atoms with E-state index in [9.17, 15) is 10.1 Å². The number of benzene rings is 1. The summed E-state index contributed by atoms with van der Waals surface area (Å²) in [7, 11) is 3.32. The van der Waals surface area contributed by atoms with E-state index in [0.717, 1.165) is 5.56 Å². The lowest BCUT2D eigenvalue weighted by molar-refractivity contribution is 0.0978. The number of Topliss-reactive ketones (excluding diaryl/α,β-unsaturated/α-hetero) is 1. The lowest BCUT2D eigenvalue weighted by Gasteiger charge is -2.11. The monoisotopic (exact) mass is 283 g/mol. The highest BCUT2D eigenvalue weighted by Crippen LogP contribution is 2.27. The largest absolute Gasteiger partial charge is 0.496 e. The number of hydrogen-bond donors (Lipinski definition) is 0. The fourth-order valence-electron chi connectivity index (χ4n) is 2.30. The summed E-state index contributed by atoms with van der Waals surface area (Å²) in [4.78, 5) is 12.6. The van der Waals surface area contributed by atoms with Crippen LogP contribution in [0.5, 0.6) is 5.75 Å². The molecule has 0 aliphatic carbocycles. The van der Waals surface area contributed by atoms with Gasteiger partial charge in [0.05, 0.1) is 24.4 Å². The minimum absolute atomic E-state index is 0.242. The fraction of sp³-hybridized carbons (Fsp3) is 0.312. The number of ether oxygens (including phenoxy) is 1. The summed E-state index contributed by atoms with van der Waals surface area (Å²) in [6, 6.07) is 7.46. The zero-order valence-electron chi connectivity index (χ0n) is 12.5. The highest BCUT2D eigenvalue weighted by molar-refractivity contribution is 6.03. The third-order valence-corrected chi connectivity index (χ3v) is 3.44. The Labute approximate surface area is 123 Å². The van der Waals surface area contributed by atoms with E-state index in [2.05, 4.69) is 11.2 Å². The van der Waals surface area contributed by atoms with E-state index in [-0.39, 0.29) is 5.78 Å². The first-order chi connectivity index (χ1) is 9.97. The zero-order valence-corrected chi connectivity index (χ0v) is 12.5. The van der Waals surface area contributed by atoms with Crippen LogP contribution < -0.4 is 4.74 Å². The molecule has 1 aromatic carbocycles. The van der Waals surface area contributed by atoms with Crippen molar-refractivity contribution in [2.45, 2.75) is 19.8 Å². The van der Waals surface area contributed by atoms with Crippen LogP contribution in [0.4, 0.5) is 0 Å². The number of carbonyl (C=O) groups excluding carboxylic acids is 1. The number of methoxy groups -OCH3 is 1. The van der Waals surface area contributed by atoms with Gasteiger partial charge in [-0.2, -0.15) is 10.4 Å². The van der Waals surface area contributed by atoms with Gasteiger partial charge in [-0.25, -0.2) is 0 Å². The molecule has 5 heteroatoms. The van der Waals surface area contributed by atoms with Crippen molar-refractivity contribution in [1.82, 2.24) is 9.78 Å². The van der Waals surface area contributed by atoms with Crippen molar-refractivity contribution in [3.05, 3.63) is 46.8 Å². The molecule has 108 valence electrons. The Hall–Kier alpha value is -2.61. The van der Waals surface area contributed by atoms with Crippen molar-refractivity contribution in [3.8, 4) is 11.8 Å². The summed E-state index contributed by atoms with van der Waals surface area (Å²) in [6.45, 7) is 3.68. The molecular formula is C16H17N3O2. The summed E-state index contributed by atoms with van der Waals surface area (Å²) in [6.07, 6.45) is 1.65. The predicted molar refractivity (Wildman–Crippen MR) is 78.4 cm³/mol. The van der Waals surface area contributed by atoms with E-state index in [4.69, 9.17) is 4.74 Å². The molecule has 2 aromatic rings. The Kier molecular flexibility index (Phi) is 4.08. The summed E-state index contributed by atoms with van der Waals surface area (Å²) in [5.41, 5.74) is 2.70. The fourth-order valence-corrected chi connectivity index (χ4v) is 2.30. The topological polar surface area (TPSA) is 67.9 Å². The second-order valence-corrected chi connectivity index (χ2v) is 4.96. The maximum atomic E-state index is 12.6. The van der Waals surface area contributed by atoms with Gasteiger partial charge in [0.15, 0.2) is 5.78 Å². The van der Waals surface area contributed by atoms with E-state index in [1.165, 1.54) is 0 Å². The van der Waals surface area contributed by atoms with E-state index in [1.807, 2.05) is 13.0 Å². The van der Waals surface area contributed by atoms with Gasteiger partial charge in [0.25, 0.3) is 0 Å². The standard InChI is InChI=1S/C16H17N3O2/c1-10-5-6-12(7-15(10)21-4)13(8-17)16(20)14-9-19(3)18-11(14)2/h5-7,9,13H,1-4H3. The molecule has 0 saturated carbocycles. The van der Waals surface area contributed by atoms with Gasteiger partial charge in [-0.05, 0) is 31.0 Å². The molecule has 0 amide bonds. The van der Waals surface area contributed by atoms with Crippen LogP contribution in [0.2, 0.25) is 0 Å². The maximum Gasteiger partial charge on any atom is 0.187 e. The quantitative estimate of drug-likeness (QED) is 0.809. The summed E-state index contributed by atoms with van der Waals surface area (Å²) < 4.78 is 6.83. The smallest absolute Gasteiger partial charge is 0.187 e. The number of nitrogens with zero attached hydrogens (tertiary/aromatic N) is 3. The highest BCUT2D eigenvalue weighted by atomic mass is 16.5. The highest BCUT2D eigenvalue weighted by Gasteiger charge is 2.25. The van der Waals surface area contributed by atoms with Crippen LogP contribution in [0, 0.1) is 25.2 Å². The average Bonchev–Trinajstić information content (AvgIpc) is 2.80. The van der Waals surface area contributed by atoms with Gasteiger partial charge in [0.1, 0.15) is 11.7 Å². The van der Waals surface area contributed by atoms with Gasteiger partial charge in [-0.1, -0.05) is 12.1 Å². The second kappa shape index (κ2) is 5.80. The number of ketones is 1. The SMILES string of the molecule is COc1cc(C(C#N)C(=O)c2cn(C)nc2C)ccc1C. The number of aryl methyl sites for hydroxylation is 3. The van der Waals surface area contributed by atoms with Gasteiger partial charge >= 0.3 is 0 Å². The minimum atomic E-state index is -0.859. The molecule has 0 fully saturated rings. The van der Waals surface area contributed by atoms with Gasteiger partial charge in [0, 0.05) is 13.2 Å². The first-order valence-electron chi connectivity index (χ1n) is 6.56. The number of carbonyl (C=O) groups is 1. The van der Waals surface area contributed by atoms with Gasteiger partial charge in [-0.15, -0.1) is 0 Å². The van der Waals surface area contributed by atoms with E-state index < -0.39 is 5.92 Å². The van der Waals surface area contributed by atoms with Crippen molar-refractivity contribution >= 4 is 5.78 Å². The van der Waals surface area contributed by atoms with E-state index >= 15 is 0 Å². The van der Waals surface area contributed by atoms with Crippen LogP contribution in [0.25, 0.3) is 0 Å². The second-order valence-electron chi connectivity index (χ2n) is 4.96. The molecule has 0 saturated heterocycles. The summed E-state index contributed by atoms with van der Waals surface area (Å²) >= 11 is 0. The predicted octanol–water partition coefficient (Wildman–Crippen LogP) is 2.54. The van der Waals surface area contributed by atoms with E-state index in [1.54, 1.807) is 44.1 Å². The Bertz CT molecular complexity index is 726. The number of hydrogen-bond acceptors (Lipinski definition) is 4. The molecule has 1 atom stereocenters. The molecule has 0 bridgehead atoms. The molecule has 0 N–H and O–H groups in total. The van der Waals surface area contributed by atoms with Gasteiger partial charge in [0.2, 0.25) is 0 Å².